The molecule has 1 unspecified atom stereocenters. The standard InChI is InChI=1S/C18H16Cl2N4O2S/c1-26-11-4-2-10(3-5-11)17-24(16(25)6-7-27-17)23-18-21-14-8-12(19)13(20)9-15(14)22-18/h2-5,8-9,17H,6-7H2,1H3,(H2,21,22,23). The molecular formula is C18H16Cl2N4O2S. The minimum Gasteiger partial charge on any atom is -0.497 e. The number of carbonyl (C=O) groups excluding carboxylic acids is 1. The number of hydrogen-bond acceptors (Lipinski definition) is 5. The first-order chi connectivity index (χ1) is 13.0. The van der Waals surface area contributed by atoms with Gasteiger partial charge in [0.25, 0.3) is 0 Å². The van der Waals surface area contributed by atoms with E-state index in [4.69, 9.17) is 27.9 Å². The fraction of sp³-hybridized carbons (Fsp3) is 0.222. The van der Waals surface area contributed by atoms with E-state index in [9.17, 15) is 4.79 Å². The number of amides is 1. The van der Waals surface area contributed by atoms with Gasteiger partial charge < -0.3 is 9.72 Å². The molecule has 1 atom stereocenters. The van der Waals surface area contributed by atoms with E-state index < -0.39 is 0 Å². The zero-order chi connectivity index (χ0) is 19.0. The van der Waals surface area contributed by atoms with Gasteiger partial charge in [0.05, 0.1) is 28.2 Å². The van der Waals surface area contributed by atoms with E-state index in [1.54, 1.807) is 36.0 Å². The summed E-state index contributed by atoms with van der Waals surface area (Å²) in [6.45, 7) is 0. The number of halogens is 2. The molecule has 0 aliphatic carbocycles. The molecule has 1 aliphatic heterocycles. The van der Waals surface area contributed by atoms with E-state index in [0.29, 0.717) is 27.9 Å². The summed E-state index contributed by atoms with van der Waals surface area (Å²) in [5.74, 6) is 2.00. The highest BCUT2D eigenvalue weighted by Gasteiger charge is 2.31. The molecule has 0 bridgehead atoms. The quantitative estimate of drug-likeness (QED) is 0.627. The number of H-pyrrole nitrogens is 1. The van der Waals surface area contributed by atoms with Crippen molar-refractivity contribution in [2.45, 2.75) is 11.8 Å². The number of imidazole rings is 1. The molecule has 2 N–H and O–H groups in total. The summed E-state index contributed by atoms with van der Waals surface area (Å²) < 4.78 is 5.21. The first-order valence-corrected chi connectivity index (χ1v) is 10.0. The number of benzene rings is 2. The maximum Gasteiger partial charge on any atom is 0.243 e. The van der Waals surface area contributed by atoms with Crippen LogP contribution in [0.15, 0.2) is 36.4 Å². The zero-order valence-electron chi connectivity index (χ0n) is 14.3. The lowest BCUT2D eigenvalue weighted by atomic mass is 10.2. The monoisotopic (exact) mass is 422 g/mol. The van der Waals surface area contributed by atoms with Crippen LogP contribution in [-0.4, -0.2) is 33.7 Å². The van der Waals surface area contributed by atoms with Gasteiger partial charge >= 0.3 is 0 Å². The summed E-state index contributed by atoms with van der Waals surface area (Å²) in [4.78, 5) is 20.2. The topological polar surface area (TPSA) is 70.2 Å². The predicted octanol–water partition coefficient (Wildman–Crippen LogP) is 4.87. The number of aromatic nitrogens is 2. The first-order valence-electron chi connectivity index (χ1n) is 8.24. The van der Waals surface area contributed by atoms with Gasteiger partial charge in [-0.3, -0.25) is 10.2 Å². The molecule has 27 heavy (non-hydrogen) atoms. The number of fused-ring (bicyclic) bond motifs is 1. The molecule has 1 aromatic heterocycles. The first kappa shape index (κ1) is 18.3. The molecule has 140 valence electrons. The molecule has 1 amide bonds. The van der Waals surface area contributed by atoms with Crippen LogP contribution < -0.4 is 10.2 Å². The normalized spacial score (nSPS) is 17.4. The molecule has 0 saturated carbocycles. The third-order valence-corrected chi connectivity index (χ3v) is 6.21. The van der Waals surface area contributed by atoms with E-state index in [-0.39, 0.29) is 11.3 Å². The summed E-state index contributed by atoms with van der Waals surface area (Å²) in [7, 11) is 1.63. The maximum atomic E-state index is 12.6. The lowest BCUT2D eigenvalue weighted by Crippen LogP contribution is -2.41. The van der Waals surface area contributed by atoms with Crippen molar-refractivity contribution in [2.24, 2.45) is 0 Å². The van der Waals surface area contributed by atoms with Crippen LogP contribution in [-0.2, 0) is 4.79 Å². The zero-order valence-corrected chi connectivity index (χ0v) is 16.7. The molecule has 2 aromatic carbocycles. The highest BCUT2D eigenvalue weighted by molar-refractivity contribution is 7.99. The van der Waals surface area contributed by atoms with Crippen molar-refractivity contribution >= 4 is 57.9 Å². The molecule has 2 heterocycles. The van der Waals surface area contributed by atoms with Crippen LogP contribution in [0, 0.1) is 0 Å². The number of hydrazine groups is 1. The minimum atomic E-state index is -0.169. The van der Waals surface area contributed by atoms with Crippen molar-refractivity contribution < 1.29 is 9.53 Å². The number of nitrogens with zero attached hydrogens (tertiary/aromatic N) is 2. The molecule has 4 rings (SSSR count). The van der Waals surface area contributed by atoms with Crippen LogP contribution in [0.1, 0.15) is 17.4 Å². The summed E-state index contributed by atoms with van der Waals surface area (Å²) >= 11 is 13.8. The summed E-state index contributed by atoms with van der Waals surface area (Å²) in [6, 6.07) is 11.1. The minimum absolute atomic E-state index is 0.00564. The molecular weight excluding hydrogens is 407 g/mol. The van der Waals surface area contributed by atoms with Gasteiger partial charge in [0.2, 0.25) is 11.9 Å². The Hall–Kier alpha value is -2.09. The number of thioether (sulfide) groups is 1. The number of aromatic amines is 1. The van der Waals surface area contributed by atoms with Gasteiger partial charge in [-0.15, -0.1) is 11.8 Å². The summed E-state index contributed by atoms with van der Waals surface area (Å²) in [6.07, 6.45) is 0.461. The SMILES string of the molecule is COc1ccc(C2SCCC(=O)N2Nc2nc3cc(Cl)c(Cl)cc3[nH]2)cc1. The van der Waals surface area contributed by atoms with Crippen LogP contribution in [0.2, 0.25) is 10.0 Å². The fourth-order valence-electron chi connectivity index (χ4n) is 2.89. The van der Waals surface area contributed by atoms with Gasteiger partial charge in [0.15, 0.2) is 0 Å². The predicted molar refractivity (Wildman–Crippen MR) is 109 cm³/mol. The summed E-state index contributed by atoms with van der Waals surface area (Å²) in [5, 5.41) is 2.32. The Bertz CT molecular complexity index is 954. The highest BCUT2D eigenvalue weighted by Crippen LogP contribution is 2.38. The number of carbonyl (C=O) groups is 1. The molecule has 6 nitrogen and oxygen atoms in total. The second-order valence-electron chi connectivity index (χ2n) is 5.99. The van der Waals surface area contributed by atoms with Gasteiger partial charge in [0.1, 0.15) is 11.1 Å². The van der Waals surface area contributed by atoms with E-state index >= 15 is 0 Å². The number of anilines is 1. The van der Waals surface area contributed by atoms with E-state index in [1.165, 1.54) is 0 Å². The molecule has 1 fully saturated rings. The van der Waals surface area contributed by atoms with Crippen molar-refractivity contribution in [3.05, 3.63) is 52.0 Å². The Morgan fingerprint density at radius 1 is 1.26 bits per heavy atom. The van der Waals surface area contributed by atoms with Crippen LogP contribution in [0.3, 0.4) is 0 Å². The fourth-order valence-corrected chi connectivity index (χ4v) is 4.40. The molecule has 9 heteroatoms. The molecule has 0 spiro atoms. The number of nitrogens with one attached hydrogen (secondary N) is 2. The van der Waals surface area contributed by atoms with Crippen molar-refractivity contribution in [2.75, 3.05) is 18.3 Å². The number of hydrogen-bond donors (Lipinski definition) is 2. The summed E-state index contributed by atoms with van der Waals surface area (Å²) in [5.41, 5.74) is 5.53. The van der Waals surface area contributed by atoms with E-state index in [1.807, 2.05) is 24.3 Å². The van der Waals surface area contributed by atoms with Crippen LogP contribution in [0.25, 0.3) is 11.0 Å². The second-order valence-corrected chi connectivity index (χ2v) is 7.99. The maximum absolute atomic E-state index is 12.6. The van der Waals surface area contributed by atoms with E-state index in [0.717, 1.165) is 22.6 Å². The third kappa shape index (κ3) is 3.67. The van der Waals surface area contributed by atoms with Crippen molar-refractivity contribution in [1.82, 2.24) is 15.0 Å². The Kier molecular flexibility index (Phi) is 5.08. The average Bonchev–Trinajstić information content (AvgIpc) is 3.05. The Morgan fingerprint density at radius 3 is 2.74 bits per heavy atom. The largest absolute Gasteiger partial charge is 0.497 e. The second kappa shape index (κ2) is 7.50. The average molecular weight is 423 g/mol. The number of methoxy groups -OCH3 is 1. The van der Waals surface area contributed by atoms with Gasteiger partial charge in [-0.2, -0.15) is 0 Å². The number of ether oxygens (including phenoxy) is 1. The lowest BCUT2D eigenvalue weighted by Gasteiger charge is -2.35. The van der Waals surface area contributed by atoms with Gasteiger partial charge in [-0.1, -0.05) is 35.3 Å². The van der Waals surface area contributed by atoms with Crippen LogP contribution in [0.5, 0.6) is 5.75 Å². The van der Waals surface area contributed by atoms with E-state index in [2.05, 4.69) is 15.4 Å². The van der Waals surface area contributed by atoms with Crippen molar-refractivity contribution in [3.63, 3.8) is 0 Å². The Balaban J connectivity index is 1.63. The van der Waals surface area contributed by atoms with Crippen LogP contribution in [0.4, 0.5) is 5.95 Å². The molecule has 0 radical (unpaired) electrons. The number of rotatable bonds is 4. The van der Waals surface area contributed by atoms with Crippen LogP contribution >= 0.6 is 35.0 Å². The molecule has 3 aromatic rings. The highest BCUT2D eigenvalue weighted by atomic mass is 35.5. The lowest BCUT2D eigenvalue weighted by molar-refractivity contribution is -0.130. The van der Waals surface area contributed by atoms with Gasteiger partial charge in [-0.25, -0.2) is 9.99 Å². The third-order valence-electron chi connectivity index (χ3n) is 4.25. The Labute approximate surface area is 170 Å². The molecule has 1 aliphatic rings. The van der Waals surface area contributed by atoms with Gasteiger partial charge in [0, 0.05) is 12.2 Å². The smallest absolute Gasteiger partial charge is 0.243 e. The Morgan fingerprint density at radius 2 is 2.00 bits per heavy atom. The molecule has 1 saturated heterocycles. The van der Waals surface area contributed by atoms with Crippen molar-refractivity contribution in [3.8, 4) is 5.75 Å². The van der Waals surface area contributed by atoms with Gasteiger partial charge in [-0.05, 0) is 29.8 Å². The van der Waals surface area contributed by atoms with Crippen molar-refractivity contribution in [1.29, 1.82) is 0 Å².